The molecule has 0 N–H and O–H groups in total. The van der Waals surface area contributed by atoms with Crippen LogP contribution >= 0.6 is 0 Å². The summed E-state index contributed by atoms with van der Waals surface area (Å²) in [6, 6.07) is 2.71. The summed E-state index contributed by atoms with van der Waals surface area (Å²) in [6.45, 7) is 0.698. The predicted molar refractivity (Wildman–Crippen MR) is 54.7 cm³/mol. The zero-order valence-electron chi connectivity index (χ0n) is 8.85. The van der Waals surface area contributed by atoms with Crippen molar-refractivity contribution >= 4 is 5.91 Å². The second-order valence-corrected chi connectivity index (χ2v) is 5.32. The van der Waals surface area contributed by atoms with E-state index in [-0.39, 0.29) is 11.8 Å². The number of carbonyl (C=O) groups is 1. The maximum absolute atomic E-state index is 11.8. The van der Waals surface area contributed by atoms with Gasteiger partial charge in [0.05, 0.1) is 12.0 Å². The smallest absolute Gasteiger partial charge is 0.224 e. The molecule has 0 radical (unpaired) electrons. The fourth-order valence-electron chi connectivity index (χ4n) is 3.73. The van der Waals surface area contributed by atoms with Crippen LogP contribution in [0.15, 0.2) is 0 Å². The minimum atomic E-state index is -0.0448. The molecule has 0 spiro atoms. The Labute approximate surface area is 90.1 Å². The first kappa shape index (κ1) is 9.21. The number of nitrogens with zero attached hydrogens (tertiary/aromatic N) is 2. The lowest BCUT2D eigenvalue weighted by atomic mass is 9.94. The van der Waals surface area contributed by atoms with Gasteiger partial charge in [0.25, 0.3) is 0 Å². The van der Waals surface area contributed by atoms with E-state index >= 15 is 0 Å². The Balaban J connectivity index is 1.73. The highest BCUT2D eigenvalue weighted by Gasteiger charge is 2.46. The van der Waals surface area contributed by atoms with Crippen molar-refractivity contribution in [2.24, 2.45) is 17.8 Å². The molecule has 3 fully saturated rings. The van der Waals surface area contributed by atoms with Gasteiger partial charge in [0.15, 0.2) is 0 Å². The van der Waals surface area contributed by atoms with Crippen LogP contribution < -0.4 is 0 Å². The van der Waals surface area contributed by atoms with E-state index in [1.807, 2.05) is 4.90 Å². The van der Waals surface area contributed by atoms with E-state index in [0.29, 0.717) is 19.0 Å². The number of hydrogen-bond acceptors (Lipinski definition) is 2. The number of nitriles is 1. The summed E-state index contributed by atoms with van der Waals surface area (Å²) in [5.74, 6) is 1.79. The number of likely N-dealkylation sites (tertiary alicyclic amines) is 1. The molecule has 3 heteroatoms. The summed E-state index contributed by atoms with van der Waals surface area (Å²) in [6.07, 6.45) is 5.66. The van der Waals surface area contributed by atoms with Gasteiger partial charge in [-0.25, -0.2) is 0 Å². The van der Waals surface area contributed by atoms with E-state index in [1.165, 1.54) is 25.7 Å². The SMILES string of the molecule is N#CC1CC(=O)N(C2CC3CCC2C3)C1. The first-order valence-corrected chi connectivity index (χ1v) is 5.97. The van der Waals surface area contributed by atoms with Crippen LogP contribution in [0, 0.1) is 29.1 Å². The molecule has 1 aliphatic heterocycles. The van der Waals surface area contributed by atoms with Crippen molar-refractivity contribution in [2.75, 3.05) is 6.54 Å². The van der Waals surface area contributed by atoms with Crippen LogP contribution in [0.3, 0.4) is 0 Å². The molecule has 4 unspecified atom stereocenters. The second-order valence-electron chi connectivity index (χ2n) is 5.32. The fourth-order valence-corrected chi connectivity index (χ4v) is 3.73. The van der Waals surface area contributed by atoms with Crippen molar-refractivity contribution in [1.82, 2.24) is 4.90 Å². The van der Waals surface area contributed by atoms with Gasteiger partial charge in [-0.1, -0.05) is 6.42 Å². The van der Waals surface area contributed by atoms with Crippen LogP contribution in [0.25, 0.3) is 0 Å². The largest absolute Gasteiger partial charge is 0.338 e. The molecule has 3 rings (SSSR count). The quantitative estimate of drug-likeness (QED) is 0.650. The van der Waals surface area contributed by atoms with Gasteiger partial charge in [-0.2, -0.15) is 5.26 Å². The molecule has 1 heterocycles. The lowest BCUT2D eigenvalue weighted by Gasteiger charge is -2.31. The molecule has 1 amide bonds. The number of rotatable bonds is 1. The van der Waals surface area contributed by atoms with Gasteiger partial charge in [0, 0.05) is 19.0 Å². The molecule has 2 bridgehead atoms. The molecular weight excluding hydrogens is 188 g/mol. The lowest BCUT2D eigenvalue weighted by Crippen LogP contribution is -2.40. The van der Waals surface area contributed by atoms with Crippen molar-refractivity contribution in [3.05, 3.63) is 0 Å². The molecule has 0 aromatic carbocycles. The third kappa shape index (κ3) is 1.35. The van der Waals surface area contributed by atoms with Gasteiger partial charge >= 0.3 is 0 Å². The van der Waals surface area contributed by atoms with Crippen molar-refractivity contribution in [1.29, 1.82) is 5.26 Å². The van der Waals surface area contributed by atoms with E-state index < -0.39 is 0 Å². The van der Waals surface area contributed by atoms with Crippen molar-refractivity contribution in [3.8, 4) is 6.07 Å². The monoisotopic (exact) mass is 204 g/mol. The number of carbonyl (C=O) groups excluding carboxylic acids is 1. The average molecular weight is 204 g/mol. The molecule has 15 heavy (non-hydrogen) atoms. The molecule has 4 atom stereocenters. The van der Waals surface area contributed by atoms with E-state index in [0.717, 1.165) is 11.8 Å². The lowest BCUT2D eigenvalue weighted by molar-refractivity contribution is -0.130. The van der Waals surface area contributed by atoms with Gasteiger partial charge in [-0.3, -0.25) is 4.79 Å². The Kier molecular flexibility index (Phi) is 1.98. The highest BCUT2D eigenvalue weighted by molar-refractivity contribution is 5.79. The topological polar surface area (TPSA) is 44.1 Å². The summed E-state index contributed by atoms with van der Waals surface area (Å²) in [4.78, 5) is 13.8. The van der Waals surface area contributed by atoms with Gasteiger partial charge < -0.3 is 4.90 Å². The predicted octanol–water partition coefficient (Wildman–Crippen LogP) is 1.55. The molecule has 2 aliphatic carbocycles. The van der Waals surface area contributed by atoms with Crippen molar-refractivity contribution < 1.29 is 4.79 Å². The Morgan fingerprint density at radius 1 is 1.33 bits per heavy atom. The fraction of sp³-hybridized carbons (Fsp3) is 0.833. The Morgan fingerprint density at radius 2 is 2.20 bits per heavy atom. The van der Waals surface area contributed by atoms with E-state index in [2.05, 4.69) is 6.07 Å². The number of fused-ring (bicyclic) bond motifs is 2. The average Bonchev–Trinajstić information content (AvgIpc) is 2.90. The van der Waals surface area contributed by atoms with Crippen LogP contribution in [-0.4, -0.2) is 23.4 Å². The number of hydrogen-bond donors (Lipinski definition) is 0. The molecule has 3 nitrogen and oxygen atoms in total. The molecule has 80 valence electrons. The van der Waals surface area contributed by atoms with Gasteiger partial charge in [0.1, 0.15) is 0 Å². The summed E-state index contributed by atoms with van der Waals surface area (Å²) < 4.78 is 0. The number of amides is 1. The first-order valence-electron chi connectivity index (χ1n) is 5.97. The molecule has 0 aromatic rings. The van der Waals surface area contributed by atoms with Gasteiger partial charge in [-0.05, 0) is 31.1 Å². The maximum Gasteiger partial charge on any atom is 0.224 e. The normalized spacial score (nSPS) is 43.7. The van der Waals surface area contributed by atoms with E-state index in [1.54, 1.807) is 0 Å². The molecule has 0 aromatic heterocycles. The van der Waals surface area contributed by atoms with Crippen LogP contribution in [-0.2, 0) is 4.79 Å². The summed E-state index contributed by atoms with van der Waals surface area (Å²) in [5, 5.41) is 8.85. The zero-order valence-corrected chi connectivity index (χ0v) is 8.85. The van der Waals surface area contributed by atoms with Crippen LogP contribution in [0.2, 0.25) is 0 Å². The molecular formula is C12H16N2O. The molecule has 3 aliphatic rings. The maximum atomic E-state index is 11.8. The van der Waals surface area contributed by atoms with Gasteiger partial charge in [0.2, 0.25) is 5.91 Å². The highest BCUT2D eigenvalue weighted by Crippen LogP contribution is 2.47. The summed E-state index contributed by atoms with van der Waals surface area (Å²) >= 11 is 0. The van der Waals surface area contributed by atoms with Gasteiger partial charge in [-0.15, -0.1) is 0 Å². The standard InChI is InChI=1S/C12H16N2O/c13-6-9-5-12(15)14(7-9)11-4-8-1-2-10(11)3-8/h8-11H,1-5,7H2. The minimum absolute atomic E-state index is 0.0448. The zero-order chi connectivity index (χ0) is 10.4. The third-order valence-corrected chi connectivity index (χ3v) is 4.44. The third-order valence-electron chi connectivity index (χ3n) is 4.44. The summed E-state index contributed by atoms with van der Waals surface area (Å²) in [7, 11) is 0. The Morgan fingerprint density at radius 3 is 2.73 bits per heavy atom. The van der Waals surface area contributed by atoms with Crippen molar-refractivity contribution in [2.45, 2.75) is 38.1 Å². The van der Waals surface area contributed by atoms with Crippen molar-refractivity contribution in [3.63, 3.8) is 0 Å². The molecule has 2 saturated carbocycles. The molecule has 1 saturated heterocycles. The Bertz CT molecular complexity index is 333. The minimum Gasteiger partial charge on any atom is -0.338 e. The highest BCUT2D eigenvalue weighted by atomic mass is 16.2. The van der Waals surface area contributed by atoms with Crippen LogP contribution in [0.1, 0.15) is 32.1 Å². The summed E-state index contributed by atoms with van der Waals surface area (Å²) in [5.41, 5.74) is 0. The van der Waals surface area contributed by atoms with Crippen LogP contribution in [0.4, 0.5) is 0 Å². The Hall–Kier alpha value is -1.04. The van der Waals surface area contributed by atoms with Crippen LogP contribution in [0.5, 0.6) is 0 Å². The van der Waals surface area contributed by atoms with E-state index in [4.69, 9.17) is 5.26 Å². The van der Waals surface area contributed by atoms with E-state index in [9.17, 15) is 4.79 Å². The second kappa shape index (κ2) is 3.23. The first-order chi connectivity index (χ1) is 7.28.